The number of aliphatic hydroxyl groups is 2. The number of nitrogens with zero attached hydrogens (tertiary/aromatic N) is 2. The van der Waals surface area contributed by atoms with Crippen LogP contribution >= 0.6 is 0 Å². The predicted octanol–water partition coefficient (Wildman–Crippen LogP) is 5.64. The van der Waals surface area contributed by atoms with Gasteiger partial charge in [-0.3, -0.25) is 9.69 Å². The third-order valence-corrected chi connectivity index (χ3v) is 17.6. The smallest absolute Gasteiger partial charge is 0.239 e. The summed E-state index contributed by atoms with van der Waals surface area (Å²) in [6, 6.07) is -0.0378. The molecule has 290 valence electrons. The maximum atomic E-state index is 13.0. The van der Waals surface area contributed by atoms with Crippen molar-refractivity contribution < 1.29 is 34.0 Å². The first-order valence-corrected chi connectivity index (χ1v) is 21.0. The van der Waals surface area contributed by atoms with Crippen molar-refractivity contribution in [3.63, 3.8) is 0 Å². The lowest BCUT2D eigenvalue weighted by Gasteiger charge is -2.64. The summed E-state index contributed by atoms with van der Waals surface area (Å²) in [5.41, 5.74) is -0.651. The van der Waals surface area contributed by atoms with Gasteiger partial charge in [-0.15, -0.1) is 0 Å². The highest BCUT2D eigenvalue weighted by molar-refractivity contribution is 5.84. The second-order valence-corrected chi connectivity index (χ2v) is 20.2. The number of carbonyl (C=O) groups excluding carboxylic acids is 1. The molecule has 8 fully saturated rings. The van der Waals surface area contributed by atoms with E-state index in [4.69, 9.17) is 18.9 Å². The Bertz CT molecular complexity index is 1350. The van der Waals surface area contributed by atoms with Gasteiger partial charge in [-0.25, -0.2) is 0 Å². The number of aliphatic hydroxyl groups excluding tert-OH is 1. The zero-order valence-corrected chi connectivity index (χ0v) is 33.3. The molecule has 3 saturated heterocycles. The highest BCUT2D eigenvalue weighted by Gasteiger charge is 2.84. The topological polar surface area (TPSA) is 101 Å². The van der Waals surface area contributed by atoms with Crippen molar-refractivity contribution in [3.8, 4) is 0 Å². The Morgan fingerprint density at radius 3 is 2.41 bits per heavy atom. The molecule has 15 atom stereocenters. The largest absolute Gasteiger partial charge is 0.390 e. The van der Waals surface area contributed by atoms with E-state index in [0.717, 1.165) is 51.7 Å². The summed E-state index contributed by atoms with van der Waals surface area (Å²) in [7, 11) is 0. The standard InChI is InChI=1S/C42H70N2O7/c1-10-43-19-15-26(36(43)46)44-20-21-49-31(23-44)51-30-14-16-41-24-42(41)18-17-39(8)32-25(3)22-27(35(48-11-2)38(6,7)47)50-33(32)34(45)40(39,9)29(42)13-12-28(41)37(30,4)5/h25-35,45,47H,10-24H2,1-9H3/t25-,26+,27-,28+,29+,30?,31+,32+,33+,34+,35-,39-,40-,41-,42?/m1/s1. The number of likely N-dealkylation sites (tertiary alicyclic amines) is 1. The highest BCUT2D eigenvalue weighted by atomic mass is 16.7. The molecule has 0 bridgehead atoms. The number of carbonyl (C=O) groups is 1. The average molecular weight is 715 g/mol. The average Bonchev–Trinajstić information content (AvgIpc) is 3.53. The lowest BCUT2D eigenvalue weighted by molar-refractivity contribution is -0.250. The maximum Gasteiger partial charge on any atom is 0.239 e. The van der Waals surface area contributed by atoms with E-state index in [2.05, 4.69) is 46.4 Å². The van der Waals surface area contributed by atoms with Crippen LogP contribution in [0.5, 0.6) is 0 Å². The van der Waals surface area contributed by atoms with Gasteiger partial charge in [-0.2, -0.15) is 0 Å². The van der Waals surface area contributed by atoms with Gasteiger partial charge in [0.1, 0.15) is 6.10 Å². The third kappa shape index (κ3) is 5.06. The first-order chi connectivity index (χ1) is 24.0. The van der Waals surface area contributed by atoms with Crippen molar-refractivity contribution in [3.05, 3.63) is 0 Å². The van der Waals surface area contributed by atoms with Crippen LogP contribution in [-0.4, -0.2) is 114 Å². The molecular formula is C42H70N2O7. The molecule has 5 saturated carbocycles. The highest BCUT2D eigenvalue weighted by Crippen LogP contribution is 2.89. The van der Waals surface area contributed by atoms with Crippen molar-refractivity contribution >= 4 is 5.91 Å². The van der Waals surface area contributed by atoms with Crippen molar-refractivity contribution in [2.24, 2.45) is 50.7 Å². The molecule has 0 aromatic rings. The minimum atomic E-state index is -1.02. The van der Waals surface area contributed by atoms with E-state index in [0.29, 0.717) is 48.8 Å². The first-order valence-electron chi connectivity index (χ1n) is 21.0. The minimum Gasteiger partial charge on any atom is -0.390 e. The molecule has 9 heteroatoms. The summed E-state index contributed by atoms with van der Waals surface area (Å²) in [4.78, 5) is 17.3. The van der Waals surface area contributed by atoms with Gasteiger partial charge < -0.3 is 34.1 Å². The monoisotopic (exact) mass is 715 g/mol. The van der Waals surface area contributed by atoms with Gasteiger partial charge >= 0.3 is 0 Å². The number of rotatable bonds is 8. The summed E-state index contributed by atoms with van der Waals surface area (Å²) in [6.45, 7) is 24.2. The van der Waals surface area contributed by atoms with Gasteiger partial charge in [-0.1, -0.05) is 34.6 Å². The molecule has 3 heterocycles. The molecule has 9 nitrogen and oxygen atoms in total. The minimum absolute atomic E-state index is 0.00126. The van der Waals surface area contributed by atoms with Crippen molar-refractivity contribution in [2.45, 2.75) is 169 Å². The van der Waals surface area contributed by atoms with E-state index < -0.39 is 17.8 Å². The zero-order chi connectivity index (χ0) is 36.5. The van der Waals surface area contributed by atoms with Gasteiger partial charge in [0.25, 0.3) is 0 Å². The van der Waals surface area contributed by atoms with Gasteiger partial charge in [0.05, 0.1) is 49.2 Å². The van der Waals surface area contributed by atoms with Crippen molar-refractivity contribution in [1.82, 2.24) is 9.80 Å². The molecule has 0 aromatic heterocycles. The molecule has 2 spiro atoms. The Morgan fingerprint density at radius 2 is 1.73 bits per heavy atom. The second-order valence-electron chi connectivity index (χ2n) is 20.2. The Balaban J connectivity index is 0.998. The van der Waals surface area contributed by atoms with E-state index >= 15 is 0 Å². The molecule has 2 unspecified atom stereocenters. The Morgan fingerprint density at radius 1 is 1.00 bits per heavy atom. The number of ether oxygens (including phenoxy) is 4. The lowest BCUT2D eigenvalue weighted by atomic mass is 9.41. The van der Waals surface area contributed by atoms with Crippen LogP contribution in [-0.2, 0) is 23.7 Å². The number of amides is 1. The fourth-order valence-electron chi connectivity index (χ4n) is 15.3. The molecule has 1 amide bonds. The predicted molar refractivity (Wildman–Crippen MR) is 195 cm³/mol. The van der Waals surface area contributed by atoms with E-state index in [1.54, 1.807) is 0 Å². The molecule has 8 rings (SSSR count). The van der Waals surface area contributed by atoms with Crippen molar-refractivity contribution in [2.75, 3.05) is 39.4 Å². The molecule has 8 aliphatic rings. The number of morpholine rings is 1. The molecule has 2 N–H and O–H groups in total. The van der Waals surface area contributed by atoms with Crippen LogP contribution in [0, 0.1) is 50.7 Å². The van der Waals surface area contributed by atoms with Crippen LogP contribution in [0.2, 0.25) is 0 Å². The van der Waals surface area contributed by atoms with Gasteiger partial charge in [0.2, 0.25) is 5.91 Å². The zero-order valence-electron chi connectivity index (χ0n) is 33.3. The number of fused-ring (bicyclic) bond motifs is 4. The maximum absolute atomic E-state index is 13.0. The van der Waals surface area contributed by atoms with E-state index in [1.165, 1.54) is 25.7 Å². The number of likely N-dealkylation sites (N-methyl/N-ethyl adjacent to an activating group) is 1. The molecule has 3 aliphatic heterocycles. The van der Waals surface area contributed by atoms with Gasteiger partial charge in [0.15, 0.2) is 6.29 Å². The van der Waals surface area contributed by atoms with E-state index in [9.17, 15) is 15.0 Å². The van der Waals surface area contributed by atoms with E-state index in [-0.39, 0.29) is 58.2 Å². The van der Waals surface area contributed by atoms with Gasteiger partial charge in [-0.05, 0) is 131 Å². The van der Waals surface area contributed by atoms with E-state index in [1.807, 2.05) is 25.7 Å². The summed E-state index contributed by atoms with van der Waals surface area (Å²) in [5, 5.41) is 23.7. The fourth-order valence-corrected chi connectivity index (χ4v) is 15.3. The van der Waals surface area contributed by atoms with Crippen LogP contribution in [0.1, 0.15) is 120 Å². The lowest BCUT2D eigenvalue weighted by Crippen LogP contribution is -2.60. The summed E-state index contributed by atoms with van der Waals surface area (Å²) >= 11 is 0. The van der Waals surface area contributed by atoms with Crippen LogP contribution in [0.4, 0.5) is 0 Å². The second kappa shape index (κ2) is 12.3. The quantitative estimate of drug-likeness (QED) is 0.334. The normalized spacial score (nSPS) is 51.3. The number of hydrogen-bond donors (Lipinski definition) is 2. The molecule has 5 aliphatic carbocycles. The summed E-state index contributed by atoms with van der Waals surface area (Å²) in [5.74, 6) is 1.99. The third-order valence-electron chi connectivity index (χ3n) is 17.6. The van der Waals surface area contributed by atoms with Crippen molar-refractivity contribution in [1.29, 1.82) is 0 Å². The van der Waals surface area contributed by atoms with Crippen LogP contribution < -0.4 is 0 Å². The fraction of sp³-hybridized carbons (Fsp3) is 0.976. The first kappa shape index (κ1) is 37.1. The Kier molecular flexibility index (Phi) is 8.99. The summed E-state index contributed by atoms with van der Waals surface area (Å²) in [6.07, 6.45) is 8.41. The molecule has 0 radical (unpaired) electrons. The Labute approximate surface area is 307 Å². The summed E-state index contributed by atoms with van der Waals surface area (Å²) < 4.78 is 26.3. The molecule has 0 aromatic carbocycles. The van der Waals surface area contributed by atoms with Crippen LogP contribution in [0.25, 0.3) is 0 Å². The Hall–Kier alpha value is -0.810. The van der Waals surface area contributed by atoms with Crippen LogP contribution in [0.15, 0.2) is 0 Å². The van der Waals surface area contributed by atoms with Crippen LogP contribution in [0.3, 0.4) is 0 Å². The van der Waals surface area contributed by atoms with Gasteiger partial charge in [0, 0.05) is 31.7 Å². The number of hydrogen-bond acceptors (Lipinski definition) is 8. The molecule has 51 heavy (non-hydrogen) atoms. The molecular weight excluding hydrogens is 644 g/mol. The SMILES string of the molecule is CCO[C@H]([C@H]1C[C@@H](C)[C@H]2[C@H](O1)[C@H](O)[C@@]1(C)[C@@H]3CC[C@H]4C(C)(C)C(O[C@H]5CN([C@H]6CCN(CC)C6=O)CCO5)CC[C@@]45CC35CC[C@]21C)C(C)(C)O.